The normalized spacial score (nSPS) is 14.9. The lowest BCUT2D eigenvalue weighted by molar-refractivity contribution is -0.133. The second-order valence-electron chi connectivity index (χ2n) is 8.84. The third-order valence-corrected chi connectivity index (χ3v) is 6.33. The Labute approximate surface area is 216 Å². The Morgan fingerprint density at radius 2 is 1.73 bits per heavy atom. The number of rotatable bonds is 9. The summed E-state index contributed by atoms with van der Waals surface area (Å²) in [6.07, 6.45) is 0.361. The van der Waals surface area contributed by atoms with Crippen LogP contribution in [0, 0.1) is 12.7 Å². The van der Waals surface area contributed by atoms with E-state index < -0.39 is 11.9 Å². The number of amides is 2. The number of hydrogen-bond donors (Lipinski definition) is 0. The van der Waals surface area contributed by atoms with Crippen LogP contribution in [-0.2, 0) is 9.53 Å². The summed E-state index contributed by atoms with van der Waals surface area (Å²) in [4.78, 5) is 28.4. The van der Waals surface area contributed by atoms with Crippen LogP contribution in [0.2, 0.25) is 0 Å². The molecular formula is C29H30FN3O4. The molecule has 1 heterocycles. The van der Waals surface area contributed by atoms with E-state index in [-0.39, 0.29) is 31.5 Å². The number of carbonyl (C=O) groups excluding carboxylic acids is 2. The molecular weight excluding hydrogens is 473 g/mol. The largest absolute Gasteiger partial charge is 0.497 e. The van der Waals surface area contributed by atoms with Gasteiger partial charge in [-0.05, 0) is 42.8 Å². The predicted octanol–water partition coefficient (Wildman–Crippen LogP) is 4.61. The molecule has 1 aliphatic heterocycles. The van der Waals surface area contributed by atoms with Gasteiger partial charge in [0.15, 0.2) is 0 Å². The molecule has 0 radical (unpaired) electrons. The smallest absolute Gasteiger partial charge is 0.262 e. The van der Waals surface area contributed by atoms with Crippen molar-refractivity contribution in [3.05, 3.63) is 101 Å². The highest BCUT2D eigenvalue weighted by Crippen LogP contribution is 2.33. The maximum Gasteiger partial charge on any atom is 0.262 e. The van der Waals surface area contributed by atoms with E-state index in [1.54, 1.807) is 49.6 Å². The number of carbonyl (C=O) groups is 2. The van der Waals surface area contributed by atoms with Gasteiger partial charge in [-0.25, -0.2) is 9.40 Å². The first kappa shape index (κ1) is 26.0. The van der Waals surface area contributed by atoms with E-state index in [0.29, 0.717) is 29.0 Å². The highest BCUT2D eigenvalue weighted by atomic mass is 19.1. The molecule has 4 rings (SSSR count). The van der Waals surface area contributed by atoms with E-state index in [4.69, 9.17) is 9.47 Å². The van der Waals surface area contributed by atoms with Gasteiger partial charge in [0.25, 0.3) is 11.8 Å². The lowest BCUT2D eigenvalue weighted by Gasteiger charge is -2.27. The minimum absolute atomic E-state index is 0.204. The van der Waals surface area contributed by atoms with Crippen molar-refractivity contribution in [1.82, 2.24) is 9.91 Å². The summed E-state index contributed by atoms with van der Waals surface area (Å²) in [5.74, 6) is -0.439. The maximum absolute atomic E-state index is 14.6. The monoisotopic (exact) mass is 503 g/mol. The number of hydrogen-bond acceptors (Lipinski definition) is 5. The number of benzene rings is 3. The number of aryl methyl sites for hydroxylation is 1. The summed E-state index contributed by atoms with van der Waals surface area (Å²) >= 11 is 0. The fraction of sp³-hybridized carbons (Fsp3) is 0.276. The van der Waals surface area contributed by atoms with E-state index in [2.05, 4.69) is 5.10 Å². The van der Waals surface area contributed by atoms with Crippen LogP contribution in [0.5, 0.6) is 5.75 Å². The fourth-order valence-electron chi connectivity index (χ4n) is 4.25. The lowest BCUT2D eigenvalue weighted by atomic mass is 9.97. The van der Waals surface area contributed by atoms with Crippen LogP contribution >= 0.6 is 0 Å². The third-order valence-electron chi connectivity index (χ3n) is 6.33. The van der Waals surface area contributed by atoms with Crippen molar-refractivity contribution in [1.29, 1.82) is 0 Å². The molecule has 0 unspecified atom stereocenters. The molecule has 1 atom stereocenters. The quantitative estimate of drug-likeness (QED) is 0.428. The van der Waals surface area contributed by atoms with Gasteiger partial charge in [-0.3, -0.25) is 9.59 Å². The van der Waals surface area contributed by atoms with Crippen molar-refractivity contribution in [3.63, 3.8) is 0 Å². The van der Waals surface area contributed by atoms with Crippen molar-refractivity contribution < 1.29 is 23.5 Å². The topological polar surface area (TPSA) is 71.4 Å². The van der Waals surface area contributed by atoms with E-state index in [9.17, 15) is 14.0 Å². The van der Waals surface area contributed by atoms with Gasteiger partial charge in [-0.15, -0.1) is 0 Å². The first-order valence-corrected chi connectivity index (χ1v) is 12.0. The van der Waals surface area contributed by atoms with Gasteiger partial charge in [0.05, 0.1) is 25.5 Å². The van der Waals surface area contributed by atoms with Crippen LogP contribution < -0.4 is 4.74 Å². The zero-order chi connectivity index (χ0) is 26.4. The van der Waals surface area contributed by atoms with Crippen molar-refractivity contribution in [2.45, 2.75) is 19.4 Å². The second kappa shape index (κ2) is 11.8. The molecule has 3 aromatic rings. The van der Waals surface area contributed by atoms with Gasteiger partial charge in [0, 0.05) is 31.2 Å². The van der Waals surface area contributed by atoms with Crippen molar-refractivity contribution >= 4 is 17.5 Å². The lowest BCUT2D eigenvalue weighted by Crippen LogP contribution is -2.42. The molecule has 0 aromatic heterocycles. The number of hydrazone groups is 1. The van der Waals surface area contributed by atoms with Gasteiger partial charge in [0.1, 0.15) is 18.1 Å². The SMILES string of the molecule is COCCN(CC(=O)N1N=C(c2ccccc2F)C[C@H]1c1ccc(C)cc1)C(=O)c1ccc(OC)cc1. The van der Waals surface area contributed by atoms with Crippen LogP contribution in [0.15, 0.2) is 77.9 Å². The van der Waals surface area contributed by atoms with Crippen LogP contribution in [0.4, 0.5) is 4.39 Å². The molecule has 3 aromatic carbocycles. The first-order valence-electron chi connectivity index (χ1n) is 12.0. The van der Waals surface area contributed by atoms with Crippen molar-refractivity contribution in [2.75, 3.05) is 33.9 Å². The zero-order valence-electron chi connectivity index (χ0n) is 21.2. The van der Waals surface area contributed by atoms with Crippen LogP contribution in [0.3, 0.4) is 0 Å². The Hall–Kier alpha value is -4.04. The van der Waals surface area contributed by atoms with Crippen LogP contribution in [0.1, 0.15) is 39.5 Å². The summed E-state index contributed by atoms with van der Waals surface area (Å²) < 4.78 is 24.9. The standard InChI is InChI=1S/C29H30FN3O4/c1-20-8-10-21(11-9-20)27-18-26(24-6-4-5-7-25(24)30)31-33(27)28(34)19-32(16-17-36-2)29(35)22-12-14-23(37-3)15-13-22/h4-15,27H,16-19H2,1-3H3/t27-/m0/s1. The van der Waals surface area contributed by atoms with E-state index in [1.807, 2.05) is 31.2 Å². The second-order valence-corrected chi connectivity index (χ2v) is 8.84. The molecule has 0 aliphatic carbocycles. The fourth-order valence-corrected chi connectivity index (χ4v) is 4.25. The Morgan fingerprint density at radius 1 is 1.03 bits per heavy atom. The molecule has 0 fully saturated rings. The molecule has 192 valence electrons. The average molecular weight is 504 g/mol. The Balaban J connectivity index is 1.62. The molecule has 37 heavy (non-hydrogen) atoms. The minimum Gasteiger partial charge on any atom is -0.497 e. The van der Waals surface area contributed by atoms with Crippen molar-refractivity contribution in [3.8, 4) is 5.75 Å². The van der Waals surface area contributed by atoms with Crippen LogP contribution in [-0.4, -0.2) is 61.4 Å². The highest BCUT2D eigenvalue weighted by molar-refractivity contribution is 6.04. The average Bonchev–Trinajstić information content (AvgIpc) is 3.36. The van der Waals surface area contributed by atoms with E-state index in [1.165, 1.54) is 23.1 Å². The predicted molar refractivity (Wildman–Crippen MR) is 139 cm³/mol. The number of ether oxygens (including phenoxy) is 2. The molecule has 0 bridgehead atoms. The molecule has 8 heteroatoms. The number of halogens is 1. The number of nitrogens with zero attached hydrogens (tertiary/aromatic N) is 3. The summed E-state index contributed by atoms with van der Waals surface area (Å²) in [5.41, 5.74) is 3.25. The third kappa shape index (κ3) is 6.03. The van der Waals surface area contributed by atoms with Gasteiger partial charge >= 0.3 is 0 Å². The van der Waals surface area contributed by atoms with Gasteiger partial charge < -0.3 is 14.4 Å². The zero-order valence-corrected chi connectivity index (χ0v) is 21.2. The molecule has 0 N–H and O–H groups in total. The molecule has 0 saturated heterocycles. The summed E-state index contributed by atoms with van der Waals surface area (Å²) in [5, 5.41) is 5.94. The summed E-state index contributed by atoms with van der Waals surface area (Å²) in [6, 6.07) is 20.5. The number of methoxy groups -OCH3 is 2. The maximum atomic E-state index is 14.6. The molecule has 1 aliphatic rings. The molecule has 0 spiro atoms. The van der Waals surface area contributed by atoms with E-state index in [0.717, 1.165) is 11.1 Å². The van der Waals surface area contributed by atoms with Crippen molar-refractivity contribution in [2.24, 2.45) is 5.10 Å². The minimum atomic E-state index is -0.414. The Bertz CT molecular complexity index is 1280. The first-order chi connectivity index (χ1) is 17.9. The Kier molecular flexibility index (Phi) is 8.30. The Morgan fingerprint density at radius 3 is 2.38 bits per heavy atom. The molecule has 2 amide bonds. The molecule has 0 saturated carbocycles. The highest BCUT2D eigenvalue weighted by Gasteiger charge is 2.35. The summed E-state index contributed by atoms with van der Waals surface area (Å²) in [7, 11) is 3.09. The van der Waals surface area contributed by atoms with Gasteiger partial charge in [-0.1, -0.05) is 48.0 Å². The molecule has 7 nitrogen and oxygen atoms in total. The van der Waals surface area contributed by atoms with E-state index >= 15 is 0 Å². The van der Waals surface area contributed by atoms with Crippen LogP contribution in [0.25, 0.3) is 0 Å². The van der Waals surface area contributed by atoms with Gasteiger partial charge in [-0.2, -0.15) is 5.10 Å². The van der Waals surface area contributed by atoms with Gasteiger partial charge in [0.2, 0.25) is 0 Å². The summed E-state index contributed by atoms with van der Waals surface area (Å²) in [6.45, 7) is 2.27.